The van der Waals surface area contributed by atoms with E-state index in [9.17, 15) is 0 Å². The number of ether oxygens (including phenoxy) is 1. The molecule has 1 rings (SSSR count). The average molecular weight is 143 g/mol. The van der Waals surface area contributed by atoms with Crippen LogP contribution in [-0.4, -0.2) is 29.3 Å². The molecule has 0 N–H and O–H groups in total. The van der Waals surface area contributed by atoms with Gasteiger partial charge in [-0.25, -0.2) is 0 Å². The summed E-state index contributed by atoms with van der Waals surface area (Å²) in [7, 11) is 1.81. The van der Waals surface area contributed by atoms with Crippen LogP contribution in [0.3, 0.4) is 0 Å². The highest BCUT2D eigenvalue weighted by Gasteiger charge is 2.06. The van der Waals surface area contributed by atoms with Crippen molar-refractivity contribution >= 4 is 17.7 Å². The fourth-order valence-corrected chi connectivity index (χ4v) is 0.620. The van der Waals surface area contributed by atoms with Crippen molar-refractivity contribution < 1.29 is 4.74 Å². The molecule has 0 bridgehead atoms. The van der Waals surface area contributed by atoms with E-state index in [0.717, 1.165) is 0 Å². The molecule has 0 fully saturated rings. The lowest BCUT2D eigenvalue weighted by Crippen LogP contribution is -2.32. The Hall–Kier alpha value is -0.770. The average Bonchev–Trinajstić information content (AvgIpc) is 2.37. The van der Waals surface area contributed by atoms with Gasteiger partial charge in [-0.1, -0.05) is 12.2 Å². The molecule has 0 amide bonds. The Bertz CT molecular complexity index is 137. The van der Waals surface area contributed by atoms with Crippen molar-refractivity contribution in [1.82, 2.24) is 10.0 Å². The van der Waals surface area contributed by atoms with E-state index in [1.54, 1.807) is 22.5 Å². The molecule has 9 heavy (non-hydrogen) atoms. The summed E-state index contributed by atoms with van der Waals surface area (Å²) in [5.74, 6) is 0. The summed E-state index contributed by atoms with van der Waals surface area (Å²) in [6, 6.07) is 0. The Morgan fingerprint density at radius 1 is 1.89 bits per heavy atom. The van der Waals surface area contributed by atoms with Gasteiger partial charge in [0.2, 0.25) is 0 Å². The van der Waals surface area contributed by atoms with E-state index in [2.05, 4.69) is 17.7 Å². The number of hydrazine groups is 1. The van der Waals surface area contributed by atoms with Gasteiger partial charge in [0.15, 0.2) is 12.2 Å². The van der Waals surface area contributed by atoms with Crippen molar-refractivity contribution in [3.8, 4) is 0 Å². The molecule has 0 aromatic rings. The molecule has 0 aromatic carbocycles. The fourth-order valence-electron chi connectivity index (χ4n) is 0.515. The number of rotatable bonds is 2. The summed E-state index contributed by atoms with van der Waals surface area (Å²) >= 11 is 4.56. The molecular weight excluding hydrogens is 136 g/mol. The van der Waals surface area contributed by atoms with E-state index in [1.807, 2.05) is 7.05 Å². The van der Waals surface area contributed by atoms with Gasteiger partial charge < -0.3 is 4.74 Å². The molecule has 1 aliphatic heterocycles. The Balaban J connectivity index is 2.42. The first kappa shape index (κ1) is 6.35. The molecule has 49 valence electrons. The lowest BCUT2D eigenvalue weighted by molar-refractivity contribution is 0.0613. The highest BCUT2D eigenvalue weighted by atomic mass is 32.1. The topological polar surface area (TPSA) is 15.7 Å². The van der Waals surface area contributed by atoms with Gasteiger partial charge in [0.05, 0.1) is 6.20 Å². The van der Waals surface area contributed by atoms with Crippen LogP contribution < -0.4 is 0 Å². The minimum atomic E-state index is 0.528. The summed E-state index contributed by atoms with van der Waals surface area (Å²) in [6.45, 7) is 0.528. The summed E-state index contributed by atoms with van der Waals surface area (Å²) < 4.78 is 4.90. The van der Waals surface area contributed by atoms with Crippen molar-refractivity contribution in [3.05, 3.63) is 12.5 Å². The van der Waals surface area contributed by atoms with Crippen LogP contribution in [0.4, 0.5) is 0 Å². The molecule has 0 atom stereocenters. The first-order valence-corrected chi connectivity index (χ1v) is 2.92. The summed E-state index contributed by atoms with van der Waals surface area (Å²) in [6.07, 6.45) is 3.41. The maximum absolute atomic E-state index is 4.90. The van der Waals surface area contributed by atoms with E-state index in [1.165, 1.54) is 0 Å². The standard InChI is InChI=1S/C5H7N2OS/c1-6(5-9)7-2-3-8-4-7/h2-3H,4H2,1H3. The maximum atomic E-state index is 4.90. The molecule has 0 saturated heterocycles. The van der Waals surface area contributed by atoms with E-state index in [4.69, 9.17) is 4.74 Å². The minimum Gasteiger partial charge on any atom is -0.477 e. The minimum absolute atomic E-state index is 0.528. The lowest BCUT2D eigenvalue weighted by atomic mass is 10.9. The van der Waals surface area contributed by atoms with E-state index < -0.39 is 0 Å². The van der Waals surface area contributed by atoms with Crippen LogP contribution in [0, 0.1) is 0 Å². The summed E-state index contributed by atoms with van der Waals surface area (Å²) in [5, 5.41) is 3.45. The van der Waals surface area contributed by atoms with Gasteiger partial charge in [-0.2, -0.15) is 0 Å². The van der Waals surface area contributed by atoms with Crippen LogP contribution in [0.15, 0.2) is 12.5 Å². The Kier molecular flexibility index (Phi) is 1.89. The van der Waals surface area contributed by atoms with Crippen molar-refractivity contribution in [3.63, 3.8) is 0 Å². The third-order valence-electron chi connectivity index (χ3n) is 1.05. The normalized spacial score (nSPS) is 15.4. The van der Waals surface area contributed by atoms with Crippen molar-refractivity contribution in [2.45, 2.75) is 0 Å². The Labute approximate surface area is 59.5 Å². The zero-order chi connectivity index (χ0) is 6.69. The molecule has 0 spiro atoms. The number of thiocarbonyl (C=S) groups is 1. The third-order valence-corrected chi connectivity index (χ3v) is 1.32. The molecular formula is C5H7N2OS. The second kappa shape index (κ2) is 2.68. The summed E-state index contributed by atoms with van der Waals surface area (Å²) in [4.78, 5) is 0. The predicted molar refractivity (Wildman–Crippen MR) is 37.3 cm³/mol. The quantitative estimate of drug-likeness (QED) is 0.411. The van der Waals surface area contributed by atoms with Crippen LogP contribution in [0.1, 0.15) is 0 Å². The van der Waals surface area contributed by atoms with Crippen LogP contribution >= 0.6 is 12.2 Å². The zero-order valence-corrected chi connectivity index (χ0v) is 5.89. The van der Waals surface area contributed by atoms with Gasteiger partial charge in [0.25, 0.3) is 0 Å². The van der Waals surface area contributed by atoms with Crippen molar-refractivity contribution in [1.29, 1.82) is 0 Å². The molecule has 0 saturated carbocycles. The molecule has 1 aliphatic rings. The van der Waals surface area contributed by atoms with E-state index in [-0.39, 0.29) is 0 Å². The van der Waals surface area contributed by atoms with Crippen LogP contribution in [-0.2, 0) is 4.74 Å². The number of hydrogen-bond acceptors (Lipinski definition) is 3. The number of nitrogens with zero attached hydrogens (tertiary/aromatic N) is 2. The molecule has 0 aliphatic carbocycles. The number of hydrogen-bond donors (Lipinski definition) is 0. The van der Waals surface area contributed by atoms with Gasteiger partial charge in [-0.15, -0.1) is 0 Å². The van der Waals surface area contributed by atoms with E-state index >= 15 is 0 Å². The largest absolute Gasteiger partial charge is 0.477 e. The second-order valence-electron chi connectivity index (χ2n) is 1.64. The summed E-state index contributed by atoms with van der Waals surface area (Å²) in [5.41, 5.74) is 2.52. The smallest absolute Gasteiger partial charge is 0.178 e. The Morgan fingerprint density at radius 3 is 3.11 bits per heavy atom. The molecule has 3 nitrogen and oxygen atoms in total. The first-order valence-electron chi connectivity index (χ1n) is 2.51. The molecule has 1 heterocycles. The highest BCUT2D eigenvalue weighted by molar-refractivity contribution is 7.78. The highest BCUT2D eigenvalue weighted by Crippen LogP contribution is 2.01. The van der Waals surface area contributed by atoms with Crippen LogP contribution in [0.25, 0.3) is 0 Å². The Morgan fingerprint density at radius 2 is 2.67 bits per heavy atom. The predicted octanol–water partition coefficient (Wildman–Crippen LogP) is 0.428. The van der Waals surface area contributed by atoms with Gasteiger partial charge in [0.1, 0.15) is 6.26 Å². The van der Waals surface area contributed by atoms with Crippen molar-refractivity contribution in [2.75, 3.05) is 13.8 Å². The lowest BCUT2D eigenvalue weighted by Gasteiger charge is -2.21. The molecule has 0 unspecified atom stereocenters. The molecule has 4 heteroatoms. The van der Waals surface area contributed by atoms with E-state index in [0.29, 0.717) is 6.73 Å². The molecule has 0 aromatic heterocycles. The van der Waals surface area contributed by atoms with Gasteiger partial charge in [-0.05, 0) is 0 Å². The van der Waals surface area contributed by atoms with Crippen LogP contribution in [0.2, 0.25) is 0 Å². The third kappa shape index (κ3) is 1.32. The van der Waals surface area contributed by atoms with Gasteiger partial charge in [-0.3, -0.25) is 10.0 Å². The first-order chi connectivity index (χ1) is 4.34. The maximum Gasteiger partial charge on any atom is 0.178 e. The SMILES string of the molecule is CN([C]=S)N1C=COC1. The van der Waals surface area contributed by atoms with Gasteiger partial charge >= 0.3 is 0 Å². The fraction of sp³-hybridized carbons (Fsp3) is 0.400. The molecule has 1 radical (unpaired) electrons. The second-order valence-corrected chi connectivity index (χ2v) is 1.82. The van der Waals surface area contributed by atoms with Gasteiger partial charge in [0, 0.05) is 7.05 Å². The van der Waals surface area contributed by atoms with Crippen LogP contribution in [0.5, 0.6) is 0 Å². The zero-order valence-electron chi connectivity index (χ0n) is 5.07. The monoisotopic (exact) mass is 143 g/mol. The van der Waals surface area contributed by atoms with Crippen molar-refractivity contribution in [2.24, 2.45) is 0 Å².